The maximum Gasteiger partial charge on any atom is 0.338 e. The molecule has 2 aromatic rings. The van der Waals surface area contributed by atoms with Crippen molar-refractivity contribution in [3.63, 3.8) is 0 Å². The lowest BCUT2D eigenvalue weighted by atomic mass is 10.1. The van der Waals surface area contributed by atoms with Crippen LogP contribution in [0.15, 0.2) is 30.3 Å². The number of methoxy groups -OCH3 is 3. The third-order valence-electron chi connectivity index (χ3n) is 3.97. The fourth-order valence-corrected chi connectivity index (χ4v) is 3.03. The minimum Gasteiger partial charge on any atom is -0.493 e. The summed E-state index contributed by atoms with van der Waals surface area (Å²) in [7, 11) is 4.33. The highest BCUT2D eigenvalue weighted by molar-refractivity contribution is 6.35. The van der Waals surface area contributed by atoms with Crippen molar-refractivity contribution in [2.75, 3.05) is 34.5 Å². The normalized spacial score (nSPS) is 10.2. The third kappa shape index (κ3) is 6.17. The molecule has 29 heavy (non-hydrogen) atoms. The summed E-state index contributed by atoms with van der Waals surface area (Å²) in [6.45, 7) is -0.0915. The number of esters is 1. The standard InChI is InChI=1S/C20H21Cl2NO6/c1-26-16-8-13(9-17(27-2)19(16)28-3)20(25)29-11-18(24)23-7-6-12-4-5-14(21)10-15(12)22/h4-5,8-10H,6-7,11H2,1-3H3,(H,23,24). The first-order valence-electron chi connectivity index (χ1n) is 8.57. The highest BCUT2D eigenvalue weighted by Crippen LogP contribution is 2.38. The first kappa shape index (κ1) is 22.6. The van der Waals surface area contributed by atoms with Gasteiger partial charge in [0.05, 0.1) is 26.9 Å². The zero-order valence-electron chi connectivity index (χ0n) is 16.2. The van der Waals surface area contributed by atoms with Gasteiger partial charge in [-0.3, -0.25) is 4.79 Å². The van der Waals surface area contributed by atoms with E-state index in [9.17, 15) is 9.59 Å². The lowest BCUT2D eigenvalue weighted by molar-refractivity contribution is -0.124. The molecule has 0 bridgehead atoms. The van der Waals surface area contributed by atoms with Crippen molar-refractivity contribution in [2.45, 2.75) is 6.42 Å². The smallest absolute Gasteiger partial charge is 0.338 e. The Labute approximate surface area is 178 Å². The number of hydrogen-bond donors (Lipinski definition) is 1. The van der Waals surface area contributed by atoms with Crippen LogP contribution in [0.5, 0.6) is 17.2 Å². The van der Waals surface area contributed by atoms with Gasteiger partial charge in [-0.2, -0.15) is 0 Å². The van der Waals surface area contributed by atoms with Crippen LogP contribution >= 0.6 is 23.2 Å². The van der Waals surface area contributed by atoms with E-state index in [1.54, 1.807) is 18.2 Å². The molecule has 0 spiro atoms. The Hall–Kier alpha value is -2.64. The fraction of sp³-hybridized carbons (Fsp3) is 0.300. The van der Waals surface area contributed by atoms with Gasteiger partial charge in [0.15, 0.2) is 18.1 Å². The van der Waals surface area contributed by atoms with E-state index < -0.39 is 18.5 Å². The Balaban J connectivity index is 1.89. The summed E-state index contributed by atoms with van der Waals surface area (Å²) < 4.78 is 20.7. The third-order valence-corrected chi connectivity index (χ3v) is 4.55. The van der Waals surface area contributed by atoms with Crippen LogP contribution in [0.2, 0.25) is 10.0 Å². The molecule has 0 aliphatic heterocycles. The van der Waals surface area contributed by atoms with Crippen LogP contribution in [0, 0.1) is 0 Å². The largest absolute Gasteiger partial charge is 0.493 e. The average molecular weight is 442 g/mol. The molecule has 0 unspecified atom stereocenters. The molecule has 1 amide bonds. The van der Waals surface area contributed by atoms with Crippen molar-refractivity contribution in [3.8, 4) is 17.2 Å². The first-order valence-corrected chi connectivity index (χ1v) is 9.33. The van der Waals surface area contributed by atoms with Crippen molar-refractivity contribution in [1.29, 1.82) is 0 Å². The van der Waals surface area contributed by atoms with Gasteiger partial charge in [-0.1, -0.05) is 29.3 Å². The van der Waals surface area contributed by atoms with E-state index in [-0.39, 0.29) is 5.56 Å². The molecule has 0 saturated carbocycles. The highest BCUT2D eigenvalue weighted by Gasteiger charge is 2.18. The fourth-order valence-electron chi connectivity index (χ4n) is 2.53. The number of ether oxygens (including phenoxy) is 4. The van der Waals surface area contributed by atoms with Crippen LogP contribution in [0.1, 0.15) is 15.9 Å². The molecule has 156 valence electrons. The van der Waals surface area contributed by atoms with Gasteiger partial charge in [-0.15, -0.1) is 0 Å². The molecule has 2 rings (SSSR count). The zero-order valence-corrected chi connectivity index (χ0v) is 17.7. The van der Waals surface area contributed by atoms with Gasteiger partial charge < -0.3 is 24.3 Å². The molecule has 9 heteroatoms. The molecule has 0 heterocycles. The van der Waals surface area contributed by atoms with Crippen LogP contribution in [0.25, 0.3) is 0 Å². The summed E-state index contributed by atoms with van der Waals surface area (Å²) in [6, 6.07) is 8.05. The van der Waals surface area contributed by atoms with Crippen molar-refractivity contribution < 1.29 is 28.5 Å². The van der Waals surface area contributed by atoms with Gasteiger partial charge in [-0.05, 0) is 36.2 Å². The molecule has 0 aliphatic carbocycles. The van der Waals surface area contributed by atoms with Crippen LogP contribution in [-0.2, 0) is 16.0 Å². The van der Waals surface area contributed by atoms with Gasteiger partial charge in [-0.25, -0.2) is 4.79 Å². The Morgan fingerprint density at radius 3 is 2.17 bits per heavy atom. The number of carbonyl (C=O) groups is 2. The molecule has 2 aromatic carbocycles. The lowest BCUT2D eigenvalue weighted by Gasteiger charge is -2.13. The molecular weight excluding hydrogens is 421 g/mol. The second kappa shape index (κ2) is 10.8. The van der Waals surface area contributed by atoms with Gasteiger partial charge >= 0.3 is 5.97 Å². The summed E-state index contributed by atoms with van der Waals surface area (Å²) in [6.07, 6.45) is 0.516. The van der Waals surface area contributed by atoms with Gasteiger partial charge in [0, 0.05) is 16.6 Å². The van der Waals surface area contributed by atoms with E-state index in [0.717, 1.165) is 5.56 Å². The minimum atomic E-state index is -0.694. The quantitative estimate of drug-likeness (QED) is 0.599. The Bertz CT molecular complexity index is 862. The van der Waals surface area contributed by atoms with Crippen molar-refractivity contribution >= 4 is 35.1 Å². The maximum absolute atomic E-state index is 12.3. The number of benzene rings is 2. The number of amides is 1. The highest BCUT2D eigenvalue weighted by atomic mass is 35.5. The summed E-state index contributed by atoms with van der Waals surface area (Å²) in [4.78, 5) is 24.2. The first-order chi connectivity index (χ1) is 13.9. The van der Waals surface area contributed by atoms with Crippen LogP contribution in [0.3, 0.4) is 0 Å². The molecule has 1 N–H and O–H groups in total. The second-order valence-electron chi connectivity index (χ2n) is 5.83. The second-order valence-corrected chi connectivity index (χ2v) is 6.67. The zero-order chi connectivity index (χ0) is 21.4. The van der Waals surface area contributed by atoms with Crippen molar-refractivity contribution in [1.82, 2.24) is 5.32 Å². The summed E-state index contributed by atoms with van der Waals surface area (Å²) in [5, 5.41) is 3.74. The molecule has 0 atom stereocenters. The van der Waals surface area contributed by atoms with Gasteiger partial charge in [0.25, 0.3) is 5.91 Å². The molecule has 0 fully saturated rings. The van der Waals surface area contributed by atoms with Crippen LogP contribution in [0.4, 0.5) is 0 Å². The molecule has 0 saturated heterocycles. The van der Waals surface area contributed by atoms with Gasteiger partial charge in [0.1, 0.15) is 0 Å². The van der Waals surface area contributed by atoms with Crippen LogP contribution in [-0.4, -0.2) is 46.4 Å². The molecule has 0 aromatic heterocycles. The van der Waals surface area contributed by atoms with E-state index in [1.807, 2.05) is 0 Å². The Morgan fingerprint density at radius 1 is 0.966 bits per heavy atom. The Kier molecular flexibility index (Phi) is 8.42. The minimum absolute atomic E-state index is 0.167. The molecule has 0 radical (unpaired) electrons. The molecule has 7 nitrogen and oxygen atoms in total. The number of halogens is 2. The van der Waals surface area contributed by atoms with Crippen molar-refractivity contribution in [3.05, 3.63) is 51.5 Å². The predicted octanol–water partition coefficient (Wildman–Crippen LogP) is 3.53. The number of rotatable bonds is 9. The van der Waals surface area contributed by atoms with E-state index in [2.05, 4.69) is 5.32 Å². The number of nitrogens with one attached hydrogen (secondary N) is 1. The Morgan fingerprint density at radius 2 is 1.62 bits per heavy atom. The SMILES string of the molecule is COc1cc(C(=O)OCC(=O)NCCc2ccc(Cl)cc2Cl)cc(OC)c1OC. The van der Waals surface area contributed by atoms with Crippen molar-refractivity contribution in [2.24, 2.45) is 0 Å². The average Bonchev–Trinajstić information content (AvgIpc) is 2.72. The summed E-state index contributed by atoms with van der Waals surface area (Å²) in [5.74, 6) is -0.160. The van der Waals surface area contributed by atoms with E-state index in [4.69, 9.17) is 42.1 Å². The predicted molar refractivity (Wildman–Crippen MR) is 110 cm³/mol. The molecule has 0 aliphatic rings. The lowest BCUT2D eigenvalue weighted by Crippen LogP contribution is -2.30. The number of hydrogen-bond acceptors (Lipinski definition) is 6. The summed E-state index contributed by atoms with van der Waals surface area (Å²) >= 11 is 11.9. The van der Waals surface area contributed by atoms with E-state index in [1.165, 1.54) is 33.5 Å². The van der Waals surface area contributed by atoms with Gasteiger partial charge in [0.2, 0.25) is 5.75 Å². The monoisotopic (exact) mass is 441 g/mol. The maximum atomic E-state index is 12.3. The van der Waals surface area contributed by atoms with E-state index in [0.29, 0.717) is 40.3 Å². The number of carbonyl (C=O) groups excluding carboxylic acids is 2. The topological polar surface area (TPSA) is 83.1 Å². The van der Waals surface area contributed by atoms with E-state index >= 15 is 0 Å². The van der Waals surface area contributed by atoms with Crippen LogP contribution < -0.4 is 19.5 Å². The molecular formula is C20H21Cl2NO6. The summed E-state index contributed by atoms with van der Waals surface area (Å²) in [5.41, 5.74) is 1.02.